The van der Waals surface area contributed by atoms with Crippen LogP contribution >= 0.6 is 11.8 Å². The van der Waals surface area contributed by atoms with Crippen LogP contribution in [0.2, 0.25) is 0 Å². The zero-order chi connectivity index (χ0) is 19.2. The van der Waals surface area contributed by atoms with Gasteiger partial charge in [-0.15, -0.1) is 10.2 Å². The molecular weight excluding hydrogens is 360 g/mol. The highest BCUT2D eigenvalue weighted by Crippen LogP contribution is 2.27. The van der Waals surface area contributed by atoms with Crippen molar-refractivity contribution < 1.29 is 9.53 Å². The van der Waals surface area contributed by atoms with E-state index in [4.69, 9.17) is 4.74 Å². The highest BCUT2D eigenvalue weighted by molar-refractivity contribution is 7.99. The third-order valence-electron chi connectivity index (χ3n) is 5.12. The van der Waals surface area contributed by atoms with Gasteiger partial charge in [0.05, 0.1) is 12.9 Å². The number of piperidine rings is 1. The number of hydrogen-bond donors (Lipinski definition) is 0. The van der Waals surface area contributed by atoms with Gasteiger partial charge in [-0.1, -0.05) is 18.7 Å². The van der Waals surface area contributed by atoms with E-state index in [2.05, 4.69) is 33.5 Å². The van der Waals surface area contributed by atoms with Gasteiger partial charge in [0.2, 0.25) is 5.91 Å². The van der Waals surface area contributed by atoms with Gasteiger partial charge in [-0.05, 0) is 56.9 Å². The van der Waals surface area contributed by atoms with Gasteiger partial charge in [-0.3, -0.25) is 4.79 Å². The fourth-order valence-electron chi connectivity index (χ4n) is 3.60. The maximum absolute atomic E-state index is 12.7. The minimum absolute atomic E-state index is 0.211. The summed E-state index contributed by atoms with van der Waals surface area (Å²) >= 11 is 1.48. The largest absolute Gasteiger partial charge is 0.497 e. The maximum Gasteiger partial charge on any atom is 0.233 e. The van der Waals surface area contributed by atoms with Gasteiger partial charge in [-0.2, -0.15) is 0 Å². The van der Waals surface area contributed by atoms with E-state index >= 15 is 0 Å². The molecule has 1 aliphatic rings. The van der Waals surface area contributed by atoms with Crippen molar-refractivity contribution in [2.75, 3.05) is 19.4 Å². The Balaban J connectivity index is 1.70. The summed E-state index contributed by atoms with van der Waals surface area (Å²) in [5, 5.41) is 9.49. The molecule has 1 saturated heterocycles. The summed E-state index contributed by atoms with van der Waals surface area (Å²) in [6.07, 6.45) is 4.49. The molecule has 0 spiro atoms. The molecule has 0 saturated carbocycles. The fraction of sp³-hybridized carbons (Fsp3) is 0.550. The van der Waals surface area contributed by atoms with Crippen molar-refractivity contribution in [1.82, 2.24) is 19.7 Å². The third kappa shape index (κ3) is 4.46. The summed E-state index contributed by atoms with van der Waals surface area (Å²) in [4.78, 5) is 14.8. The van der Waals surface area contributed by atoms with Gasteiger partial charge in [0, 0.05) is 24.7 Å². The van der Waals surface area contributed by atoms with Crippen LogP contribution in [0, 0.1) is 0 Å². The topological polar surface area (TPSA) is 60.3 Å². The average Bonchev–Trinajstić information content (AvgIpc) is 3.14. The lowest BCUT2D eigenvalue weighted by molar-refractivity contribution is -0.132. The minimum Gasteiger partial charge on any atom is -0.497 e. The van der Waals surface area contributed by atoms with Crippen LogP contribution in [0.25, 0.3) is 11.4 Å². The van der Waals surface area contributed by atoms with Crippen LogP contribution in [0.4, 0.5) is 0 Å². The Kier molecular flexibility index (Phi) is 6.77. The zero-order valence-electron chi connectivity index (χ0n) is 16.4. The van der Waals surface area contributed by atoms with Gasteiger partial charge < -0.3 is 14.2 Å². The highest BCUT2D eigenvalue weighted by Gasteiger charge is 2.25. The van der Waals surface area contributed by atoms with E-state index < -0.39 is 0 Å². The lowest BCUT2D eigenvalue weighted by atomic mass is 10.0. The number of carbonyl (C=O) groups is 1. The van der Waals surface area contributed by atoms with E-state index in [-0.39, 0.29) is 5.91 Å². The summed E-state index contributed by atoms with van der Waals surface area (Å²) in [7, 11) is 1.65. The van der Waals surface area contributed by atoms with Crippen LogP contribution in [-0.2, 0) is 11.3 Å². The SMILES string of the molecule is CCC1CCCCN1C(=O)CSc1nnc(-c2ccc(OC)cc2)n1CC. The molecule has 1 aromatic heterocycles. The lowest BCUT2D eigenvalue weighted by Gasteiger charge is -2.35. The van der Waals surface area contributed by atoms with E-state index in [0.717, 1.165) is 54.6 Å². The maximum atomic E-state index is 12.7. The molecule has 6 nitrogen and oxygen atoms in total. The van der Waals surface area contributed by atoms with Crippen molar-refractivity contribution in [1.29, 1.82) is 0 Å². The van der Waals surface area contributed by atoms with Crippen molar-refractivity contribution in [2.24, 2.45) is 0 Å². The number of rotatable bonds is 7. The second kappa shape index (κ2) is 9.26. The molecule has 1 amide bonds. The first kappa shape index (κ1) is 19.7. The van der Waals surface area contributed by atoms with Crippen molar-refractivity contribution >= 4 is 17.7 Å². The Morgan fingerprint density at radius 1 is 1.22 bits per heavy atom. The summed E-state index contributed by atoms with van der Waals surface area (Å²) in [5.41, 5.74) is 0.991. The molecule has 1 aliphatic heterocycles. The quantitative estimate of drug-likeness (QED) is 0.674. The predicted molar refractivity (Wildman–Crippen MR) is 108 cm³/mol. The van der Waals surface area contributed by atoms with Crippen molar-refractivity contribution in [3.05, 3.63) is 24.3 Å². The van der Waals surface area contributed by atoms with Gasteiger partial charge in [0.15, 0.2) is 11.0 Å². The highest BCUT2D eigenvalue weighted by atomic mass is 32.2. The molecule has 3 rings (SSSR count). The molecule has 27 heavy (non-hydrogen) atoms. The third-order valence-corrected chi connectivity index (χ3v) is 6.08. The molecule has 2 aromatic rings. The smallest absolute Gasteiger partial charge is 0.233 e. The van der Waals surface area contributed by atoms with E-state index in [9.17, 15) is 4.79 Å². The van der Waals surface area contributed by atoms with Crippen LogP contribution in [0.1, 0.15) is 39.5 Å². The van der Waals surface area contributed by atoms with E-state index in [1.54, 1.807) is 7.11 Å². The van der Waals surface area contributed by atoms with E-state index in [0.29, 0.717) is 11.8 Å². The molecule has 1 aromatic carbocycles. The Hall–Kier alpha value is -2.02. The van der Waals surface area contributed by atoms with Crippen LogP contribution < -0.4 is 4.74 Å². The van der Waals surface area contributed by atoms with Crippen molar-refractivity contribution in [3.8, 4) is 17.1 Å². The van der Waals surface area contributed by atoms with Crippen LogP contribution in [0.5, 0.6) is 5.75 Å². The van der Waals surface area contributed by atoms with Gasteiger partial charge in [-0.25, -0.2) is 0 Å². The molecular formula is C20H28N4O2S. The van der Waals surface area contributed by atoms with Gasteiger partial charge in [0.1, 0.15) is 5.75 Å². The second-order valence-electron chi connectivity index (χ2n) is 6.71. The second-order valence-corrected chi connectivity index (χ2v) is 7.66. The number of benzene rings is 1. The Morgan fingerprint density at radius 3 is 2.67 bits per heavy atom. The number of thioether (sulfide) groups is 1. The first-order valence-electron chi connectivity index (χ1n) is 9.67. The Labute approximate surface area is 165 Å². The summed E-state index contributed by atoms with van der Waals surface area (Å²) in [5.74, 6) is 2.26. The summed E-state index contributed by atoms with van der Waals surface area (Å²) < 4.78 is 7.28. The standard InChI is InChI=1S/C20H28N4O2S/c1-4-16-8-6-7-13-24(16)18(25)14-27-20-22-21-19(23(20)5-2)15-9-11-17(26-3)12-10-15/h9-12,16H,4-8,13-14H2,1-3H3. The Morgan fingerprint density at radius 2 is 2.00 bits per heavy atom. The molecule has 0 radical (unpaired) electrons. The number of nitrogens with zero attached hydrogens (tertiary/aromatic N) is 4. The number of likely N-dealkylation sites (tertiary alicyclic amines) is 1. The molecule has 0 bridgehead atoms. The van der Waals surface area contributed by atoms with Crippen LogP contribution in [0.15, 0.2) is 29.4 Å². The molecule has 7 heteroatoms. The molecule has 146 valence electrons. The van der Waals surface area contributed by atoms with Crippen LogP contribution in [-0.4, -0.2) is 51.0 Å². The first-order valence-corrected chi connectivity index (χ1v) is 10.7. The number of ether oxygens (including phenoxy) is 1. The van der Waals surface area contributed by atoms with Crippen LogP contribution in [0.3, 0.4) is 0 Å². The molecule has 1 fully saturated rings. The Bertz CT molecular complexity index is 760. The predicted octanol–water partition coefficient (Wildman–Crippen LogP) is 3.86. The zero-order valence-corrected chi connectivity index (χ0v) is 17.2. The molecule has 0 aliphatic carbocycles. The fourth-order valence-corrected chi connectivity index (χ4v) is 4.49. The monoisotopic (exact) mass is 388 g/mol. The molecule has 2 heterocycles. The van der Waals surface area contributed by atoms with Gasteiger partial charge >= 0.3 is 0 Å². The number of aromatic nitrogens is 3. The average molecular weight is 389 g/mol. The van der Waals surface area contributed by atoms with Crippen molar-refractivity contribution in [2.45, 2.75) is 57.3 Å². The first-order chi connectivity index (χ1) is 13.2. The molecule has 1 atom stereocenters. The molecule has 0 N–H and O–H groups in total. The van der Waals surface area contributed by atoms with E-state index in [1.165, 1.54) is 18.2 Å². The number of hydrogen-bond acceptors (Lipinski definition) is 5. The van der Waals surface area contributed by atoms with Gasteiger partial charge in [0.25, 0.3) is 0 Å². The number of amides is 1. The van der Waals surface area contributed by atoms with E-state index in [1.807, 2.05) is 24.3 Å². The van der Waals surface area contributed by atoms with Crippen molar-refractivity contribution in [3.63, 3.8) is 0 Å². The normalized spacial score (nSPS) is 17.1. The summed E-state index contributed by atoms with van der Waals surface area (Å²) in [6, 6.07) is 8.19. The number of carbonyl (C=O) groups excluding carboxylic acids is 1. The molecule has 1 unspecified atom stereocenters. The lowest BCUT2D eigenvalue weighted by Crippen LogP contribution is -2.44. The number of methoxy groups -OCH3 is 1. The minimum atomic E-state index is 0.211. The summed E-state index contributed by atoms with van der Waals surface area (Å²) in [6.45, 7) is 5.87.